The van der Waals surface area contributed by atoms with Crippen molar-refractivity contribution in [1.29, 1.82) is 0 Å². The average molecular weight is 570 g/mol. The van der Waals surface area contributed by atoms with E-state index in [1.807, 2.05) is 6.92 Å². The van der Waals surface area contributed by atoms with E-state index in [-0.39, 0.29) is 38.3 Å². The molecular weight excluding hydrogens is 549 g/mol. The number of imide groups is 1. The lowest BCUT2D eigenvalue weighted by molar-refractivity contribution is -0.120. The van der Waals surface area contributed by atoms with Crippen molar-refractivity contribution < 1.29 is 33.8 Å². The maximum Gasteiger partial charge on any atom is 0.339 e. The van der Waals surface area contributed by atoms with Gasteiger partial charge in [-0.3, -0.25) is 14.4 Å². The van der Waals surface area contributed by atoms with Gasteiger partial charge < -0.3 is 25.2 Å². The molecule has 1 aliphatic heterocycles. The lowest BCUT2D eigenvalue weighted by Crippen LogP contribution is -2.32. The van der Waals surface area contributed by atoms with Crippen molar-refractivity contribution >= 4 is 64.0 Å². The first-order valence-corrected chi connectivity index (χ1v) is 12.2. The highest BCUT2D eigenvalue weighted by Gasteiger charge is 2.39. The summed E-state index contributed by atoms with van der Waals surface area (Å²) in [5, 5.41) is 14.4. The number of methoxy groups -OCH3 is 1. The first kappa shape index (κ1) is 27.5. The number of carboxylic acids is 1. The monoisotopic (exact) mass is 569 g/mol. The molecule has 0 fully saturated rings. The average Bonchev–Trinajstić information content (AvgIpc) is 3.13. The first-order chi connectivity index (χ1) is 18.6. The number of rotatable bonds is 9. The van der Waals surface area contributed by atoms with Gasteiger partial charge in [0.15, 0.2) is 0 Å². The summed E-state index contributed by atoms with van der Waals surface area (Å²) in [6.45, 7) is 2.31. The van der Waals surface area contributed by atoms with Gasteiger partial charge in [0.1, 0.15) is 27.8 Å². The van der Waals surface area contributed by atoms with Crippen LogP contribution in [0.1, 0.15) is 27.6 Å². The summed E-state index contributed by atoms with van der Waals surface area (Å²) in [4.78, 5) is 51.1. The van der Waals surface area contributed by atoms with E-state index in [9.17, 15) is 24.3 Å². The third-order valence-corrected chi connectivity index (χ3v) is 6.26. The van der Waals surface area contributed by atoms with Gasteiger partial charge in [0.25, 0.3) is 17.7 Å². The normalized spacial score (nSPS) is 13.0. The third kappa shape index (κ3) is 5.66. The van der Waals surface area contributed by atoms with Crippen LogP contribution in [0, 0.1) is 0 Å². The van der Waals surface area contributed by atoms with Crippen molar-refractivity contribution in [3.63, 3.8) is 0 Å². The Kier molecular flexibility index (Phi) is 8.08. The lowest BCUT2D eigenvalue weighted by atomic mass is 10.1. The molecule has 0 atom stereocenters. The molecule has 0 aliphatic carbocycles. The van der Waals surface area contributed by atoms with Crippen LogP contribution in [0.2, 0.25) is 5.02 Å². The molecule has 0 radical (unpaired) electrons. The van der Waals surface area contributed by atoms with Crippen molar-refractivity contribution in [2.75, 3.05) is 29.3 Å². The van der Waals surface area contributed by atoms with E-state index < -0.39 is 23.7 Å². The maximum absolute atomic E-state index is 13.1. The summed E-state index contributed by atoms with van der Waals surface area (Å²) < 4.78 is 10.5. The molecular formula is C27H21Cl2N3O7. The van der Waals surface area contributed by atoms with E-state index in [1.54, 1.807) is 36.4 Å². The Labute approximate surface area is 232 Å². The van der Waals surface area contributed by atoms with Crippen LogP contribution in [0.3, 0.4) is 0 Å². The van der Waals surface area contributed by atoms with E-state index in [1.165, 1.54) is 31.4 Å². The number of ether oxygens (including phenoxy) is 2. The summed E-state index contributed by atoms with van der Waals surface area (Å²) in [6, 6.07) is 15.0. The van der Waals surface area contributed by atoms with Crippen LogP contribution in [0.4, 0.5) is 17.1 Å². The van der Waals surface area contributed by atoms with Crippen molar-refractivity contribution in [3.05, 3.63) is 87.5 Å². The molecule has 39 heavy (non-hydrogen) atoms. The summed E-state index contributed by atoms with van der Waals surface area (Å²) >= 11 is 12.4. The number of amides is 3. The maximum atomic E-state index is 13.1. The van der Waals surface area contributed by atoms with Crippen LogP contribution < -0.4 is 25.0 Å². The highest BCUT2D eigenvalue weighted by atomic mass is 35.5. The molecule has 1 heterocycles. The lowest BCUT2D eigenvalue weighted by Gasteiger charge is -2.16. The zero-order chi connectivity index (χ0) is 28.3. The number of nitrogens with one attached hydrogen (secondary N) is 2. The fraction of sp³-hybridized carbons (Fsp3) is 0.111. The second kappa shape index (κ2) is 11.5. The summed E-state index contributed by atoms with van der Waals surface area (Å²) in [7, 11) is 1.29. The van der Waals surface area contributed by atoms with Gasteiger partial charge in [0, 0.05) is 17.3 Å². The van der Waals surface area contributed by atoms with Crippen LogP contribution in [0.15, 0.2) is 71.4 Å². The molecule has 4 rings (SSSR count). The SMILES string of the molecule is CCOc1ccc(N2C(=O)C(Cl)=C(Nc3cccc(C(=O)Nc4cc(OC)c(C(=O)O)cc4Cl)c3)C2=O)cc1. The van der Waals surface area contributed by atoms with Crippen LogP contribution in [-0.2, 0) is 9.59 Å². The first-order valence-electron chi connectivity index (χ1n) is 11.4. The van der Waals surface area contributed by atoms with Gasteiger partial charge in [0.2, 0.25) is 0 Å². The molecule has 10 nitrogen and oxygen atoms in total. The Morgan fingerprint density at radius 1 is 1.00 bits per heavy atom. The number of aromatic carboxylic acids is 1. The predicted molar refractivity (Wildman–Crippen MR) is 146 cm³/mol. The Morgan fingerprint density at radius 2 is 1.72 bits per heavy atom. The van der Waals surface area contributed by atoms with Crippen LogP contribution in [0.5, 0.6) is 11.5 Å². The molecule has 3 aromatic rings. The van der Waals surface area contributed by atoms with E-state index >= 15 is 0 Å². The largest absolute Gasteiger partial charge is 0.496 e. The molecule has 0 aromatic heterocycles. The number of anilines is 3. The van der Waals surface area contributed by atoms with Gasteiger partial charge in [-0.15, -0.1) is 0 Å². The van der Waals surface area contributed by atoms with E-state index in [0.717, 1.165) is 4.90 Å². The molecule has 3 aromatic carbocycles. The summed E-state index contributed by atoms with van der Waals surface area (Å²) in [5.74, 6) is -2.57. The molecule has 0 bridgehead atoms. The zero-order valence-electron chi connectivity index (χ0n) is 20.6. The Bertz CT molecular complexity index is 1520. The molecule has 3 amide bonds. The minimum absolute atomic E-state index is 0.00258. The topological polar surface area (TPSA) is 134 Å². The number of carboxylic acid groups (broad SMARTS) is 1. The Morgan fingerprint density at radius 3 is 2.36 bits per heavy atom. The van der Waals surface area contributed by atoms with E-state index in [2.05, 4.69) is 10.6 Å². The van der Waals surface area contributed by atoms with Gasteiger partial charge in [-0.05, 0) is 55.5 Å². The number of hydrogen-bond donors (Lipinski definition) is 3. The van der Waals surface area contributed by atoms with E-state index in [4.69, 9.17) is 32.7 Å². The van der Waals surface area contributed by atoms with Gasteiger partial charge in [-0.1, -0.05) is 29.3 Å². The molecule has 200 valence electrons. The number of halogens is 2. The molecule has 12 heteroatoms. The van der Waals surface area contributed by atoms with Crippen LogP contribution >= 0.6 is 23.2 Å². The minimum Gasteiger partial charge on any atom is -0.496 e. The smallest absolute Gasteiger partial charge is 0.339 e. The fourth-order valence-electron chi connectivity index (χ4n) is 3.77. The molecule has 0 spiro atoms. The zero-order valence-corrected chi connectivity index (χ0v) is 22.1. The third-order valence-electron chi connectivity index (χ3n) is 5.60. The number of benzene rings is 3. The predicted octanol–water partition coefficient (Wildman–Crippen LogP) is 5.13. The Balaban J connectivity index is 1.53. The van der Waals surface area contributed by atoms with Gasteiger partial charge in [0.05, 0.1) is 30.1 Å². The second-order valence-corrected chi connectivity index (χ2v) is 8.84. The quantitative estimate of drug-likeness (QED) is 0.302. The second-order valence-electron chi connectivity index (χ2n) is 8.06. The van der Waals surface area contributed by atoms with Gasteiger partial charge >= 0.3 is 5.97 Å². The molecule has 1 aliphatic rings. The van der Waals surface area contributed by atoms with Crippen molar-refractivity contribution in [3.8, 4) is 11.5 Å². The highest BCUT2D eigenvalue weighted by Crippen LogP contribution is 2.33. The van der Waals surface area contributed by atoms with Crippen LogP contribution in [-0.4, -0.2) is 42.5 Å². The molecule has 0 saturated heterocycles. The standard InChI is InChI=1S/C27H21Cl2N3O7/c1-3-39-17-9-7-16(8-10-17)32-25(34)22(29)23(26(32)35)30-15-6-4-5-14(11-15)24(33)31-20-13-21(38-2)18(27(36)37)12-19(20)28/h4-13,30H,3H2,1-2H3,(H,31,33)(H,36,37). The molecule has 0 saturated carbocycles. The Hall–Kier alpha value is -4.54. The summed E-state index contributed by atoms with van der Waals surface area (Å²) in [5.41, 5.74) is 0.634. The van der Waals surface area contributed by atoms with Gasteiger partial charge in [-0.25, -0.2) is 9.69 Å². The number of hydrogen-bond acceptors (Lipinski definition) is 7. The number of carbonyl (C=O) groups is 4. The fourth-order valence-corrected chi connectivity index (χ4v) is 4.19. The number of nitrogens with zero attached hydrogens (tertiary/aromatic N) is 1. The van der Waals surface area contributed by atoms with Crippen molar-refractivity contribution in [1.82, 2.24) is 0 Å². The number of carbonyl (C=O) groups excluding carboxylic acids is 3. The minimum atomic E-state index is -1.24. The van der Waals surface area contributed by atoms with Gasteiger partial charge in [-0.2, -0.15) is 0 Å². The van der Waals surface area contributed by atoms with Crippen molar-refractivity contribution in [2.45, 2.75) is 6.92 Å². The molecule has 3 N–H and O–H groups in total. The highest BCUT2D eigenvalue weighted by molar-refractivity contribution is 6.53. The van der Waals surface area contributed by atoms with Crippen LogP contribution in [0.25, 0.3) is 0 Å². The molecule has 0 unspecified atom stereocenters. The summed E-state index contributed by atoms with van der Waals surface area (Å²) in [6.07, 6.45) is 0. The van der Waals surface area contributed by atoms with Crippen molar-refractivity contribution in [2.24, 2.45) is 0 Å². The van der Waals surface area contributed by atoms with E-state index in [0.29, 0.717) is 23.7 Å².